The first-order valence-electron chi connectivity index (χ1n) is 6.85. The summed E-state index contributed by atoms with van der Waals surface area (Å²) in [4.78, 5) is 2.44. The van der Waals surface area contributed by atoms with Crippen molar-refractivity contribution in [3.8, 4) is 0 Å². The maximum absolute atomic E-state index is 5.70. The molecule has 2 N–H and O–H groups in total. The Morgan fingerprint density at radius 1 is 1.33 bits per heavy atom. The van der Waals surface area contributed by atoms with Gasteiger partial charge in [0.15, 0.2) is 0 Å². The third kappa shape index (κ3) is 2.89. The first-order chi connectivity index (χ1) is 8.63. The predicted octanol–water partition coefficient (Wildman–Crippen LogP) is 3.92. The monoisotopic (exact) mass is 310 g/mol. The number of rotatable bonds is 3. The van der Waals surface area contributed by atoms with E-state index in [2.05, 4.69) is 53.0 Å². The van der Waals surface area contributed by atoms with Gasteiger partial charge in [-0.1, -0.05) is 41.8 Å². The maximum atomic E-state index is 5.70. The molecule has 1 saturated carbocycles. The Bertz CT molecular complexity index is 405. The van der Waals surface area contributed by atoms with Gasteiger partial charge in [0, 0.05) is 29.8 Å². The van der Waals surface area contributed by atoms with Gasteiger partial charge in [-0.3, -0.25) is 0 Å². The lowest BCUT2D eigenvalue weighted by Gasteiger charge is -2.37. The van der Waals surface area contributed by atoms with Gasteiger partial charge in [0.2, 0.25) is 0 Å². The molecule has 1 aliphatic rings. The van der Waals surface area contributed by atoms with Crippen LogP contribution in [0.3, 0.4) is 0 Å². The molecule has 1 aromatic carbocycles. The topological polar surface area (TPSA) is 29.3 Å². The zero-order valence-corrected chi connectivity index (χ0v) is 12.9. The van der Waals surface area contributed by atoms with Crippen molar-refractivity contribution in [2.45, 2.75) is 45.2 Å². The van der Waals surface area contributed by atoms with E-state index in [4.69, 9.17) is 5.73 Å². The Hall–Kier alpha value is -0.540. The molecule has 0 heterocycles. The van der Waals surface area contributed by atoms with Crippen LogP contribution >= 0.6 is 15.9 Å². The van der Waals surface area contributed by atoms with Crippen LogP contribution in [0.25, 0.3) is 0 Å². The second-order valence-corrected chi connectivity index (χ2v) is 6.27. The first-order valence-corrected chi connectivity index (χ1v) is 7.64. The van der Waals surface area contributed by atoms with Crippen LogP contribution in [0.5, 0.6) is 0 Å². The van der Waals surface area contributed by atoms with Gasteiger partial charge in [-0.2, -0.15) is 0 Å². The molecular formula is C15H23BrN2. The highest BCUT2D eigenvalue weighted by Crippen LogP contribution is 2.32. The van der Waals surface area contributed by atoms with Crippen molar-refractivity contribution in [1.82, 2.24) is 0 Å². The summed E-state index contributed by atoms with van der Waals surface area (Å²) in [6, 6.07) is 7.19. The van der Waals surface area contributed by atoms with E-state index < -0.39 is 0 Å². The van der Waals surface area contributed by atoms with E-state index in [-0.39, 0.29) is 0 Å². The number of nitrogens with zero attached hydrogens (tertiary/aromatic N) is 1. The largest absolute Gasteiger partial charge is 0.371 e. The Morgan fingerprint density at radius 2 is 2.06 bits per heavy atom. The number of halogens is 1. The fourth-order valence-corrected chi connectivity index (χ4v) is 3.51. The number of hydrogen-bond donors (Lipinski definition) is 1. The van der Waals surface area contributed by atoms with Gasteiger partial charge < -0.3 is 10.6 Å². The third-order valence-electron chi connectivity index (χ3n) is 4.23. The molecule has 0 amide bonds. The highest BCUT2D eigenvalue weighted by molar-refractivity contribution is 9.10. The zero-order valence-electron chi connectivity index (χ0n) is 11.3. The van der Waals surface area contributed by atoms with Crippen molar-refractivity contribution in [3.63, 3.8) is 0 Å². The second-order valence-electron chi connectivity index (χ2n) is 5.42. The number of benzene rings is 1. The van der Waals surface area contributed by atoms with E-state index in [1.54, 1.807) is 0 Å². The minimum atomic E-state index is 0.588. The second kappa shape index (κ2) is 6.07. The van der Waals surface area contributed by atoms with Crippen molar-refractivity contribution in [1.29, 1.82) is 0 Å². The summed E-state index contributed by atoms with van der Waals surface area (Å²) in [6.07, 6.45) is 5.42. The molecule has 1 aliphatic carbocycles. The van der Waals surface area contributed by atoms with E-state index in [1.807, 2.05) is 0 Å². The summed E-state index contributed by atoms with van der Waals surface area (Å²) >= 11 is 3.61. The Kier molecular flexibility index (Phi) is 4.68. The molecule has 0 radical (unpaired) electrons. The van der Waals surface area contributed by atoms with Crippen molar-refractivity contribution in [3.05, 3.63) is 28.2 Å². The van der Waals surface area contributed by atoms with E-state index in [0.29, 0.717) is 12.6 Å². The molecule has 2 unspecified atom stereocenters. The standard InChI is InChI=1S/C15H23BrN2/c1-11-5-3-4-6-15(11)18(2)13-8-7-12(10-17)14(16)9-13/h7-9,11,15H,3-6,10,17H2,1-2H3. The highest BCUT2D eigenvalue weighted by atomic mass is 79.9. The third-order valence-corrected chi connectivity index (χ3v) is 4.97. The van der Waals surface area contributed by atoms with Gasteiger partial charge in [-0.25, -0.2) is 0 Å². The molecule has 1 aromatic rings. The van der Waals surface area contributed by atoms with Gasteiger partial charge in [-0.05, 0) is 36.5 Å². The number of hydrogen-bond acceptors (Lipinski definition) is 2. The zero-order chi connectivity index (χ0) is 13.1. The minimum Gasteiger partial charge on any atom is -0.371 e. The van der Waals surface area contributed by atoms with Crippen LogP contribution in [0, 0.1) is 5.92 Å². The van der Waals surface area contributed by atoms with Crippen LogP contribution in [0.2, 0.25) is 0 Å². The van der Waals surface area contributed by atoms with Crippen molar-refractivity contribution in [2.24, 2.45) is 11.7 Å². The highest BCUT2D eigenvalue weighted by Gasteiger charge is 2.25. The van der Waals surface area contributed by atoms with E-state index in [1.165, 1.54) is 36.9 Å². The average molecular weight is 311 g/mol. The van der Waals surface area contributed by atoms with Crippen molar-refractivity contribution in [2.75, 3.05) is 11.9 Å². The van der Waals surface area contributed by atoms with Crippen molar-refractivity contribution < 1.29 is 0 Å². The molecule has 3 heteroatoms. The smallest absolute Gasteiger partial charge is 0.0377 e. The molecule has 18 heavy (non-hydrogen) atoms. The van der Waals surface area contributed by atoms with E-state index in [9.17, 15) is 0 Å². The average Bonchev–Trinajstić information content (AvgIpc) is 2.38. The van der Waals surface area contributed by atoms with Crippen LogP contribution in [-0.4, -0.2) is 13.1 Å². The van der Waals surface area contributed by atoms with Crippen LogP contribution in [0.4, 0.5) is 5.69 Å². The van der Waals surface area contributed by atoms with Gasteiger partial charge in [0.1, 0.15) is 0 Å². The summed E-state index contributed by atoms with van der Waals surface area (Å²) in [7, 11) is 2.22. The lowest BCUT2D eigenvalue weighted by Crippen LogP contribution is -2.39. The molecule has 2 nitrogen and oxygen atoms in total. The predicted molar refractivity (Wildman–Crippen MR) is 81.9 cm³/mol. The van der Waals surface area contributed by atoms with Gasteiger partial charge in [-0.15, -0.1) is 0 Å². The lowest BCUT2D eigenvalue weighted by molar-refractivity contribution is 0.321. The normalized spacial score (nSPS) is 24.0. The van der Waals surface area contributed by atoms with Crippen LogP contribution in [0.1, 0.15) is 38.2 Å². The molecular weight excluding hydrogens is 288 g/mol. The maximum Gasteiger partial charge on any atom is 0.0377 e. The quantitative estimate of drug-likeness (QED) is 0.916. The molecule has 0 spiro atoms. The molecule has 1 fully saturated rings. The summed E-state index contributed by atoms with van der Waals surface area (Å²) in [5.74, 6) is 0.789. The number of nitrogens with two attached hydrogens (primary N) is 1. The van der Waals surface area contributed by atoms with E-state index >= 15 is 0 Å². The number of anilines is 1. The molecule has 0 bridgehead atoms. The summed E-state index contributed by atoms with van der Waals surface area (Å²) in [5, 5.41) is 0. The first kappa shape index (κ1) is 13.9. The fraction of sp³-hybridized carbons (Fsp3) is 0.600. The van der Waals surface area contributed by atoms with Crippen LogP contribution in [-0.2, 0) is 6.54 Å². The Morgan fingerprint density at radius 3 is 2.67 bits per heavy atom. The Labute approximate surface area is 119 Å². The fourth-order valence-electron chi connectivity index (χ4n) is 2.98. The molecule has 0 aromatic heterocycles. The van der Waals surface area contributed by atoms with Crippen LogP contribution in [0.15, 0.2) is 22.7 Å². The Balaban J connectivity index is 2.17. The molecule has 100 valence electrons. The van der Waals surface area contributed by atoms with Crippen LogP contribution < -0.4 is 10.6 Å². The lowest BCUT2D eigenvalue weighted by atomic mass is 9.85. The minimum absolute atomic E-state index is 0.588. The summed E-state index contributed by atoms with van der Waals surface area (Å²) < 4.78 is 1.12. The molecule has 2 rings (SSSR count). The molecule has 2 atom stereocenters. The summed E-state index contributed by atoms with van der Waals surface area (Å²) in [6.45, 7) is 2.97. The SMILES string of the molecule is CC1CCCCC1N(C)c1ccc(CN)c(Br)c1. The van der Waals surface area contributed by atoms with Gasteiger partial charge >= 0.3 is 0 Å². The van der Waals surface area contributed by atoms with Crippen molar-refractivity contribution >= 4 is 21.6 Å². The van der Waals surface area contributed by atoms with Gasteiger partial charge in [0.05, 0.1) is 0 Å². The summed E-state index contributed by atoms with van der Waals surface area (Å²) in [5.41, 5.74) is 8.16. The van der Waals surface area contributed by atoms with Gasteiger partial charge in [0.25, 0.3) is 0 Å². The molecule has 0 saturated heterocycles. The molecule has 0 aliphatic heterocycles. The van der Waals surface area contributed by atoms with E-state index in [0.717, 1.165) is 10.4 Å².